The number of aromatic amines is 2. The summed E-state index contributed by atoms with van der Waals surface area (Å²) >= 11 is 0. The molecular weight excluding hydrogens is 529 g/mol. The molecule has 214 valence electrons. The van der Waals surface area contributed by atoms with Crippen molar-refractivity contribution in [3.8, 4) is 11.5 Å². The first-order chi connectivity index (χ1) is 19.7. The van der Waals surface area contributed by atoms with Gasteiger partial charge in [-0.05, 0) is 37.7 Å². The number of pyridine rings is 1. The lowest BCUT2D eigenvalue weighted by molar-refractivity contribution is 0.0115. The molecule has 0 unspecified atom stereocenters. The Morgan fingerprint density at radius 3 is 2.68 bits per heavy atom. The smallest absolute Gasteiger partial charge is 0.261 e. The third-order valence-corrected chi connectivity index (χ3v) is 7.93. The standard InChI is InChI=1S/C30H33F3N8/c1-4-22-25(26(31)19(2)21-14-20(15-34-16-21)17-40-9-8-30(32,33)18-40)28(38-37-22)29-35-23-6-5-7-24(27(23)36-29)41-12-10-39(3)11-13-41/h4-7,14-16,37H,2,8-13,17-18H2,1,3H3,(H,35,36)/b22-4+,26-25-. The summed E-state index contributed by atoms with van der Waals surface area (Å²) in [4.78, 5) is 18.8. The summed E-state index contributed by atoms with van der Waals surface area (Å²) in [5.41, 5.74) is 4.36. The number of alkyl halides is 2. The largest absolute Gasteiger partial charge is 0.367 e. The number of halogens is 3. The Hall–Kier alpha value is -3.96. The van der Waals surface area contributed by atoms with Crippen molar-refractivity contribution in [2.24, 2.45) is 0 Å². The summed E-state index contributed by atoms with van der Waals surface area (Å²) in [7, 11) is 2.12. The van der Waals surface area contributed by atoms with E-state index in [2.05, 4.69) is 49.7 Å². The van der Waals surface area contributed by atoms with Gasteiger partial charge in [-0.2, -0.15) is 5.10 Å². The molecule has 41 heavy (non-hydrogen) atoms. The number of hydrogen-bond acceptors (Lipinski definition) is 6. The van der Waals surface area contributed by atoms with Gasteiger partial charge in [0.2, 0.25) is 0 Å². The van der Waals surface area contributed by atoms with Gasteiger partial charge in [-0.25, -0.2) is 18.2 Å². The van der Waals surface area contributed by atoms with Crippen LogP contribution < -0.4 is 15.5 Å². The number of piperazine rings is 1. The zero-order valence-corrected chi connectivity index (χ0v) is 23.2. The predicted molar refractivity (Wildman–Crippen MR) is 155 cm³/mol. The van der Waals surface area contributed by atoms with Crippen molar-refractivity contribution in [2.75, 3.05) is 51.2 Å². The number of H-pyrrole nitrogens is 2. The van der Waals surface area contributed by atoms with Gasteiger partial charge >= 0.3 is 0 Å². The fraction of sp³-hybridized carbons (Fsp3) is 0.367. The summed E-state index contributed by atoms with van der Waals surface area (Å²) in [5, 5.41) is 8.12. The fourth-order valence-electron chi connectivity index (χ4n) is 5.61. The predicted octanol–water partition coefficient (Wildman–Crippen LogP) is 3.53. The fourth-order valence-corrected chi connectivity index (χ4v) is 5.61. The topological polar surface area (TPSA) is 80.0 Å². The SMILES string of the molecule is C=C(/C(F)=c1/c(-c2nc3c(N4CCN(C)CC4)cccc3[nH]2)n[nH]/c1=C/C)c1cncc(CN2CCC(F)(F)C2)c1. The van der Waals surface area contributed by atoms with Gasteiger partial charge in [0.1, 0.15) is 17.0 Å². The number of para-hydroxylation sites is 1. The Bertz CT molecular complexity index is 1710. The van der Waals surface area contributed by atoms with Crippen LogP contribution in [0.2, 0.25) is 0 Å². The maximum Gasteiger partial charge on any atom is 0.261 e. The number of aromatic nitrogens is 5. The maximum absolute atomic E-state index is 16.3. The van der Waals surface area contributed by atoms with E-state index in [1.807, 2.05) is 12.1 Å². The van der Waals surface area contributed by atoms with E-state index in [0.29, 0.717) is 35.5 Å². The lowest BCUT2D eigenvalue weighted by Crippen LogP contribution is -2.44. The molecule has 0 bridgehead atoms. The van der Waals surface area contributed by atoms with Crippen LogP contribution in [0.1, 0.15) is 24.5 Å². The highest BCUT2D eigenvalue weighted by Gasteiger charge is 2.38. The lowest BCUT2D eigenvalue weighted by atomic mass is 10.0. The summed E-state index contributed by atoms with van der Waals surface area (Å²) in [6.45, 7) is 9.89. The number of nitrogens with zero attached hydrogens (tertiary/aromatic N) is 6. The van der Waals surface area contributed by atoms with Gasteiger partial charge in [0.15, 0.2) is 5.82 Å². The van der Waals surface area contributed by atoms with Crippen molar-refractivity contribution in [1.82, 2.24) is 34.9 Å². The molecule has 0 saturated carbocycles. The zero-order chi connectivity index (χ0) is 28.7. The second-order valence-electron chi connectivity index (χ2n) is 10.9. The summed E-state index contributed by atoms with van der Waals surface area (Å²) < 4.78 is 43.6. The summed E-state index contributed by atoms with van der Waals surface area (Å²) in [5.74, 6) is -2.79. The number of rotatable bonds is 6. The second kappa shape index (κ2) is 10.8. The minimum Gasteiger partial charge on any atom is -0.367 e. The molecule has 2 N–H and O–H groups in total. The molecule has 0 aliphatic carbocycles. The normalized spacial score (nSPS) is 19.3. The van der Waals surface area contributed by atoms with E-state index >= 15 is 4.39 Å². The van der Waals surface area contributed by atoms with Gasteiger partial charge in [-0.1, -0.05) is 18.7 Å². The van der Waals surface area contributed by atoms with Crippen LogP contribution in [0.25, 0.3) is 40.0 Å². The van der Waals surface area contributed by atoms with Gasteiger partial charge in [-0.15, -0.1) is 0 Å². The molecule has 0 atom stereocenters. The number of likely N-dealkylation sites (N-methyl/N-ethyl adjacent to an activating group) is 1. The Balaban J connectivity index is 1.36. The summed E-state index contributed by atoms with van der Waals surface area (Å²) in [6, 6.07) is 7.76. The number of benzene rings is 1. The zero-order valence-electron chi connectivity index (χ0n) is 23.2. The number of fused-ring (bicyclic) bond motifs is 1. The van der Waals surface area contributed by atoms with E-state index < -0.39 is 11.7 Å². The molecule has 2 saturated heterocycles. The van der Waals surface area contributed by atoms with Crippen molar-refractivity contribution < 1.29 is 13.2 Å². The van der Waals surface area contributed by atoms with Crippen LogP contribution >= 0.6 is 0 Å². The first-order valence-corrected chi connectivity index (χ1v) is 13.8. The van der Waals surface area contributed by atoms with Crippen LogP contribution in [0.3, 0.4) is 0 Å². The molecule has 8 nitrogen and oxygen atoms in total. The van der Waals surface area contributed by atoms with Crippen LogP contribution in [0.15, 0.2) is 43.2 Å². The molecule has 2 aliphatic heterocycles. The molecule has 11 heteroatoms. The molecular formula is C30H33F3N8. The average molecular weight is 563 g/mol. The van der Waals surface area contributed by atoms with E-state index in [-0.39, 0.29) is 23.8 Å². The quantitative estimate of drug-likeness (QED) is 0.375. The molecule has 3 aromatic heterocycles. The first-order valence-electron chi connectivity index (χ1n) is 13.8. The minimum absolute atomic E-state index is 0.131. The monoisotopic (exact) mass is 562 g/mol. The van der Waals surface area contributed by atoms with Gasteiger partial charge in [0.25, 0.3) is 5.92 Å². The van der Waals surface area contributed by atoms with Crippen LogP contribution in [0.4, 0.5) is 18.9 Å². The highest BCUT2D eigenvalue weighted by Crippen LogP contribution is 2.30. The Morgan fingerprint density at radius 2 is 1.95 bits per heavy atom. The first kappa shape index (κ1) is 27.2. The van der Waals surface area contributed by atoms with Crippen molar-refractivity contribution in [1.29, 1.82) is 0 Å². The maximum atomic E-state index is 16.3. The average Bonchev–Trinajstić information content (AvgIpc) is 3.68. The molecule has 2 aliphatic rings. The molecule has 4 aromatic rings. The van der Waals surface area contributed by atoms with Crippen molar-refractivity contribution >= 4 is 34.2 Å². The molecule has 0 radical (unpaired) electrons. The molecule has 2 fully saturated rings. The van der Waals surface area contributed by atoms with E-state index in [0.717, 1.165) is 48.5 Å². The van der Waals surface area contributed by atoms with Crippen molar-refractivity contribution in [3.05, 3.63) is 64.9 Å². The van der Waals surface area contributed by atoms with Crippen LogP contribution in [-0.2, 0) is 6.54 Å². The third kappa shape index (κ3) is 5.39. The van der Waals surface area contributed by atoms with Crippen LogP contribution in [-0.4, -0.2) is 87.2 Å². The Kier molecular flexibility index (Phi) is 7.16. The number of hydrogen-bond donors (Lipinski definition) is 2. The number of nitrogens with one attached hydrogen (secondary N) is 2. The highest BCUT2D eigenvalue weighted by molar-refractivity contribution is 5.94. The Morgan fingerprint density at radius 1 is 1.15 bits per heavy atom. The van der Waals surface area contributed by atoms with Crippen LogP contribution in [0.5, 0.6) is 0 Å². The van der Waals surface area contributed by atoms with Gasteiger partial charge in [0, 0.05) is 69.2 Å². The van der Waals surface area contributed by atoms with Crippen LogP contribution in [0, 0.1) is 0 Å². The van der Waals surface area contributed by atoms with E-state index in [1.165, 1.54) is 6.20 Å². The highest BCUT2D eigenvalue weighted by atomic mass is 19.3. The number of likely N-dealkylation sites (tertiary alicyclic amines) is 1. The molecule has 5 heterocycles. The lowest BCUT2D eigenvalue weighted by Gasteiger charge is -2.34. The molecule has 0 spiro atoms. The van der Waals surface area contributed by atoms with Gasteiger partial charge in [0.05, 0.1) is 28.3 Å². The van der Waals surface area contributed by atoms with E-state index in [9.17, 15) is 8.78 Å². The summed E-state index contributed by atoms with van der Waals surface area (Å²) in [6.07, 6.45) is 4.74. The number of anilines is 1. The van der Waals surface area contributed by atoms with Crippen molar-refractivity contribution in [3.63, 3.8) is 0 Å². The third-order valence-electron chi connectivity index (χ3n) is 7.93. The van der Waals surface area contributed by atoms with E-state index in [4.69, 9.17) is 4.98 Å². The second-order valence-corrected chi connectivity index (χ2v) is 10.9. The molecule has 0 amide bonds. The molecule has 1 aromatic carbocycles. The van der Waals surface area contributed by atoms with Crippen molar-refractivity contribution in [2.45, 2.75) is 25.8 Å². The Labute approximate surface area is 235 Å². The van der Waals surface area contributed by atoms with Gasteiger partial charge < -0.3 is 14.8 Å². The number of imidazole rings is 1. The van der Waals surface area contributed by atoms with Gasteiger partial charge in [-0.3, -0.25) is 15.0 Å². The molecule has 6 rings (SSSR count). The minimum atomic E-state index is -2.68. The number of allylic oxidation sites excluding steroid dienone is 1. The van der Waals surface area contributed by atoms with E-state index in [1.54, 1.807) is 30.2 Å².